The molecule has 434 valence electrons. The third-order valence-electron chi connectivity index (χ3n) is 13.5. The second-order valence-corrected chi connectivity index (χ2v) is 20.9. The monoisotopic (exact) mass is 1050 g/mol. The van der Waals surface area contributed by atoms with Crippen molar-refractivity contribution in [1.29, 1.82) is 0 Å². The number of allylic oxidation sites excluding steroid dienone is 18. The number of esters is 3. The molecule has 0 saturated heterocycles. The Morgan fingerprint density at radius 3 is 0.842 bits per heavy atom. The molecule has 0 aromatic heterocycles. The Morgan fingerprint density at radius 1 is 0.276 bits per heavy atom. The smallest absolute Gasteiger partial charge is 0.306 e. The van der Waals surface area contributed by atoms with Gasteiger partial charge < -0.3 is 14.2 Å². The summed E-state index contributed by atoms with van der Waals surface area (Å²) in [4.78, 5) is 38.3. The van der Waals surface area contributed by atoms with Crippen LogP contribution in [0.15, 0.2) is 109 Å². The number of ether oxygens (including phenoxy) is 3. The Hall–Kier alpha value is -3.93. The highest BCUT2D eigenvalue weighted by molar-refractivity contribution is 5.71. The van der Waals surface area contributed by atoms with Gasteiger partial charge in [-0.25, -0.2) is 0 Å². The van der Waals surface area contributed by atoms with E-state index >= 15 is 0 Å². The van der Waals surface area contributed by atoms with Crippen molar-refractivity contribution in [2.75, 3.05) is 13.2 Å². The van der Waals surface area contributed by atoms with Gasteiger partial charge in [0.05, 0.1) is 0 Å². The summed E-state index contributed by atoms with van der Waals surface area (Å²) in [6.07, 6.45) is 86.6. The maximum absolute atomic E-state index is 12.9. The quantitative estimate of drug-likeness (QED) is 0.0261. The molecule has 1 unspecified atom stereocenters. The Morgan fingerprint density at radius 2 is 0.526 bits per heavy atom. The topological polar surface area (TPSA) is 78.9 Å². The van der Waals surface area contributed by atoms with Gasteiger partial charge >= 0.3 is 17.9 Å². The molecule has 0 heterocycles. The summed E-state index contributed by atoms with van der Waals surface area (Å²) in [6.45, 7) is 6.45. The van der Waals surface area contributed by atoms with Crippen LogP contribution < -0.4 is 0 Å². The summed E-state index contributed by atoms with van der Waals surface area (Å²) >= 11 is 0. The van der Waals surface area contributed by atoms with Gasteiger partial charge in [0.1, 0.15) is 13.2 Å². The number of hydrogen-bond donors (Lipinski definition) is 0. The predicted molar refractivity (Wildman–Crippen MR) is 330 cm³/mol. The molecule has 0 aliphatic heterocycles. The summed E-state index contributed by atoms with van der Waals surface area (Å²) in [5.41, 5.74) is 0. The lowest BCUT2D eigenvalue weighted by Gasteiger charge is -2.18. The van der Waals surface area contributed by atoms with Crippen molar-refractivity contribution >= 4 is 17.9 Å². The number of hydrogen-bond acceptors (Lipinski definition) is 6. The van der Waals surface area contributed by atoms with Crippen LogP contribution in [0.5, 0.6) is 0 Å². The van der Waals surface area contributed by atoms with Crippen molar-refractivity contribution < 1.29 is 28.6 Å². The number of carbonyl (C=O) groups is 3. The van der Waals surface area contributed by atoms with Gasteiger partial charge in [0.15, 0.2) is 6.10 Å². The fraction of sp³-hybridized carbons (Fsp3) is 0.700. The molecule has 6 heteroatoms. The molecule has 0 fully saturated rings. The predicted octanol–water partition coefficient (Wildman–Crippen LogP) is 21.8. The Labute approximate surface area is 470 Å². The third kappa shape index (κ3) is 60.9. The molecule has 0 spiro atoms. The molecule has 0 bridgehead atoms. The van der Waals surface area contributed by atoms with E-state index in [2.05, 4.69) is 130 Å². The minimum Gasteiger partial charge on any atom is -0.462 e. The molecule has 0 radical (unpaired) electrons. The zero-order valence-electron chi connectivity index (χ0n) is 49.7. The van der Waals surface area contributed by atoms with Crippen LogP contribution in [0.2, 0.25) is 0 Å². The third-order valence-corrected chi connectivity index (χ3v) is 13.5. The van der Waals surface area contributed by atoms with Crippen molar-refractivity contribution in [3.8, 4) is 0 Å². The molecule has 0 aliphatic carbocycles. The van der Waals surface area contributed by atoms with E-state index in [-0.39, 0.29) is 31.1 Å². The maximum atomic E-state index is 12.9. The molecule has 1 atom stereocenters. The highest BCUT2D eigenvalue weighted by atomic mass is 16.6. The summed E-state index contributed by atoms with van der Waals surface area (Å²) in [6, 6.07) is 0. The minimum atomic E-state index is -0.794. The van der Waals surface area contributed by atoms with Crippen LogP contribution >= 0.6 is 0 Å². The second-order valence-electron chi connectivity index (χ2n) is 20.9. The summed E-state index contributed by atoms with van der Waals surface area (Å²) in [7, 11) is 0. The molecule has 0 amide bonds. The van der Waals surface area contributed by atoms with E-state index in [9.17, 15) is 14.4 Å². The Bertz CT molecular complexity index is 1540. The average molecular weight is 1060 g/mol. The van der Waals surface area contributed by atoms with E-state index in [4.69, 9.17) is 14.2 Å². The molecule has 0 saturated carbocycles. The second kappa shape index (κ2) is 63.6. The largest absolute Gasteiger partial charge is 0.462 e. The van der Waals surface area contributed by atoms with Crippen LogP contribution in [0.25, 0.3) is 0 Å². The van der Waals surface area contributed by atoms with E-state index in [0.29, 0.717) is 19.3 Å². The SMILES string of the molecule is CC/C=C\C/C=C\C/C=C\C/C=C\CCCCCCCCCCCCCCC(=O)OCC(COC(=O)CCCCCCC/C=C\C/C=C\CCCC)OC(=O)CCCCCCCC/C=C\C/C=C\C/C=C\CCCCC. The first kappa shape index (κ1) is 72.1. The van der Waals surface area contributed by atoms with Crippen LogP contribution in [0, 0.1) is 0 Å². The normalized spacial score (nSPS) is 12.8. The van der Waals surface area contributed by atoms with Crippen LogP contribution in [0.3, 0.4) is 0 Å². The van der Waals surface area contributed by atoms with Crippen LogP contribution in [-0.2, 0) is 28.6 Å². The van der Waals surface area contributed by atoms with Crippen molar-refractivity contribution in [3.63, 3.8) is 0 Å². The van der Waals surface area contributed by atoms with Gasteiger partial charge in [0.25, 0.3) is 0 Å². The summed E-state index contributed by atoms with van der Waals surface area (Å²) < 4.78 is 16.9. The van der Waals surface area contributed by atoms with E-state index in [1.165, 1.54) is 122 Å². The highest BCUT2D eigenvalue weighted by Gasteiger charge is 2.19. The average Bonchev–Trinajstić information content (AvgIpc) is 3.42. The minimum absolute atomic E-state index is 0.0893. The highest BCUT2D eigenvalue weighted by Crippen LogP contribution is 2.16. The molecule has 6 nitrogen and oxygen atoms in total. The van der Waals surface area contributed by atoms with Crippen LogP contribution in [0.1, 0.15) is 297 Å². The molecule has 0 N–H and O–H groups in total. The lowest BCUT2D eigenvalue weighted by Crippen LogP contribution is -2.30. The maximum Gasteiger partial charge on any atom is 0.306 e. The van der Waals surface area contributed by atoms with Crippen molar-refractivity contribution in [1.82, 2.24) is 0 Å². The zero-order chi connectivity index (χ0) is 55.0. The molecule has 0 aliphatic rings. The van der Waals surface area contributed by atoms with E-state index in [0.717, 1.165) is 135 Å². The Kier molecular flexibility index (Phi) is 60.3. The van der Waals surface area contributed by atoms with Crippen molar-refractivity contribution in [2.24, 2.45) is 0 Å². The van der Waals surface area contributed by atoms with Gasteiger partial charge in [-0.3, -0.25) is 14.4 Å². The molecule has 0 aromatic carbocycles. The summed E-state index contributed by atoms with van der Waals surface area (Å²) in [5, 5.41) is 0. The lowest BCUT2D eigenvalue weighted by atomic mass is 10.0. The fourth-order valence-corrected chi connectivity index (χ4v) is 8.69. The van der Waals surface area contributed by atoms with Gasteiger partial charge in [-0.2, -0.15) is 0 Å². The van der Waals surface area contributed by atoms with E-state index < -0.39 is 6.10 Å². The number of carbonyl (C=O) groups excluding carboxylic acids is 3. The van der Waals surface area contributed by atoms with E-state index in [1.54, 1.807) is 0 Å². The van der Waals surface area contributed by atoms with Crippen LogP contribution in [-0.4, -0.2) is 37.2 Å². The number of unbranched alkanes of at least 4 members (excludes halogenated alkanes) is 28. The van der Waals surface area contributed by atoms with Gasteiger partial charge in [0.2, 0.25) is 0 Å². The van der Waals surface area contributed by atoms with E-state index in [1.807, 2.05) is 0 Å². The van der Waals surface area contributed by atoms with Crippen LogP contribution in [0.4, 0.5) is 0 Å². The van der Waals surface area contributed by atoms with Gasteiger partial charge in [-0.1, -0.05) is 265 Å². The molecular formula is C70H118O6. The molecule has 0 rings (SSSR count). The van der Waals surface area contributed by atoms with Gasteiger partial charge in [-0.15, -0.1) is 0 Å². The fourth-order valence-electron chi connectivity index (χ4n) is 8.69. The van der Waals surface area contributed by atoms with Gasteiger partial charge in [-0.05, 0) is 122 Å². The van der Waals surface area contributed by atoms with Gasteiger partial charge in [0, 0.05) is 19.3 Å². The first-order valence-electron chi connectivity index (χ1n) is 31.9. The molecular weight excluding hydrogens is 937 g/mol. The lowest BCUT2D eigenvalue weighted by molar-refractivity contribution is -0.167. The molecule has 76 heavy (non-hydrogen) atoms. The number of rotatable bonds is 57. The Balaban J connectivity index is 4.36. The first-order chi connectivity index (χ1) is 37.5. The van der Waals surface area contributed by atoms with Crippen molar-refractivity contribution in [3.05, 3.63) is 109 Å². The zero-order valence-corrected chi connectivity index (χ0v) is 49.7. The molecule has 0 aromatic rings. The standard InChI is InChI=1S/C70H118O6/c1-4-7-10-13-16-19-22-25-28-30-32-33-34-35-36-37-39-40-42-45-48-51-54-57-60-63-69(72)75-66-67(65-74-68(71)62-59-56-53-50-47-44-27-24-21-18-15-12-9-6-3)76-70(73)64-61-58-55-52-49-46-43-41-38-31-29-26-23-20-17-14-11-8-5-2/h7,10,15-20,24-29,32-33,38,41,67H,4-6,8-9,11-14,21-23,30-31,34-37,39-40,42-66H2,1-3H3/b10-7-,18-15-,19-16-,20-17-,27-24-,28-25-,29-26-,33-32-,41-38-. The first-order valence-corrected chi connectivity index (χ1v) is 31.9. The van der Waals surface area contributed by atoms with Crippen molar-refractivity contribution in [2.45, 2.75) is 303 Å². The summed E-state index contributed by atoms with van der Waals surface area (Å²) in [5.74, 6) is -0.911.